The van der Waals surface area contributed by atoms with Crippen molar-refractivity contribution in [2.24, 2.45) is 17.6 Å². The minimum Gasteiger partial charge on any atom is -0.374 e. The first-order valence-corrected chi connectivity index (χ1v) is 7.86. The molecule has 2 N–H and O–H groups in total. The number of carbonyl (C=O) groups is 1. The number of hydrogen-bond donors (Lipinski definition) is 1. The van der Waals surface area contributed by atoms with Gasteiger partial charge in [0, 0.05) is 24.9 Å². The molecule has 1 aromatic rings. The Hall–Kier alpha value is -1.39. The fourth-order valence-corrected chi connectivity index (χ4v) is 4.36. The molecule has 0 spiro atoms. The molecule has 0 aliphatic carbocycles. The van der Waals surface area contributed by atoms with Crippen LogP contribution in [0, 0.1) is 11.8 Å². The Morgan fingerprint density at radius 2 is 1.76 bits per heavy atom. The highest BCUT2D eigenvalue weighted by molar-refractivity contribution is 5.87. The lowest BCUT2D eigenvalue weighted by atomic mass is 9.82. The summed E-state index contributed by atoms with van der Waals surface area (Å²) in [5, 5.41) is 0. The molecule has 0 radical (unpaired) electrons. The third-order valence-electron chi connectivity index (χ3n) is 5.56. The summed E-state index contributed by atoms with van der Waals surface area (Å²) in [5.74, 6) is 1.10. The number of fused-ring (bicyclic) bond motifs is 5. The van der Waals surface area contributed by atoms with Gasteiger partial charge in [-0.25, -0.2) is 0 Å². The molecule has 0 saturated carbocycles. The average Bonchev–Trinajstić information content (AvgIpc) is 3.19. The molecule has 21 heavy (non-hydrogen) atoms. The first kappa shape index (κ1) is 13.3. The van der Waals surface area contributed by atoms with Crippen molar-refractivity contribution in [3.63, 3.8) is 0 Å². The van der Waals surface area contributed by atoms with Gasteiger partial charge in [0.1, 0.15) is 5.54 Å². The van der Waals surface area contributed by atoms with Crippen LogP contribution < -0.4 is 5.73 Å². The quantitative estimate of drug-likeness (QED) is 0.896. The smallest absolute Gasteiger partial charge is 0.246 e. The molecule has 3 aliphatic heterocycles. The second kappa shape index (κ2) is 4.55. The molecule has 4 rings (SSSR count). The van der Waals surface area contributed by atoms with Crippen molar-refractivity contribution in [1.29, 1.82) is 0 Å². The molecule has 4 nitrogen and oxygen atoms in total. The highest BCUT2D eigenvalue weighted by atomic mass is 16.5. The number of rotatable bonds is 2. The van der Waals surface area contributed by atoms with E-state index in [1.807, 2.05) is 42.2 Å². The van der Waals surface area contributed by atoms with E-state index in [1.165, 1.54) is 0 Å². The number of ether oxygens (including phenoxy) is 1. The second-order valence-corrected chi connectivity index (χ2v) is 6.90. The lowest BCUT2D eigenvalue weighted by Crippen LogP contribution is -2.50. The summed E-state index contributed by atoms with van der Waals surface area (Å²) in [6, 6.07) is 9.67. The fourth-order valence-electron chi connectivity index (χ4n) is 4.36. The second-order valence-electron chi connectivity index (χ2n) is 6.90. The van der Waals surface area contributed by atoms with Crippen molar-refractivity contribution in [3.8, 4) is 0 Å². The molecule has 5 unspecified atom stereocenters. The summed E-state index contributed by atoms with van der Waals surface area (Å²) in [5.41, 5.74) is 6.31. The highest BCUT2D eigenvalue weighted by Crippen LogP contribution is 2.47. The topological polar surface area (TPSA) is 55.6 Å². The molecule has 4 heteroatoms. The van der Waals surface area contributed by atoms with Gasteiger partial charge >= 0.3 is 0 Å². The van der Waals surface area contributed by atoms with Crippen molar-refractivity contribution < 1.29 is 9.53 Å². The number of likely N-dealkylation sites (tertiary alicyclic amines) is 1. The molecular weight excluding hydrogens is 264 g/mol. The summed E-state index contributed by atoms with van der Waals surface area (Å²) in [6.07, 6.45) is 3.07. The largest absolute Gasteiger partial charge is 0.374 e. The number of nitrogens with zero attached hydrogens (tertiary/aromatic N) is 1. The van der Waals surface area contributed by atoms with Crippen LogP contribution in [-0.4, -0.2) is 36.1 Å². The van der Waals surface area contributed by atoms with Crippen molar-refractivity contribution in [1.82, 2.24) is 4.90 Å². The van der Waals surface area contributed by atoms with Crippen LogP contribution in [0.4, 0.5) is 0 Å². The van der Waals surface area contributed by atoms with Crippen LogP contribution in [0.2, 0.25) is 0 Å². The molecule has 3 saturated heterocycles. The van der Waals surface area contributed by atoms with Gasteiger partial charge in [0.15, 0.2) is 0 Å². The van der Waals surface area contributed by atoms with E-state index in [9.17, 15) is 4.79 Å². The third-order valence-corrected chi connectivity index (χ3v) is 5.56. The van der Waals surface area contributed by atoms with E-state index in [-0.39, 0.29) is 5.91 Å². The summed E-state index contributed by atoms with van der Waals surface area (Å²) in [6.45, 7) is 3.44. The van der Waals surface area contributed by atoms with E-state index >= 15 is 0 Å². The zero-order valence-electron chi connectivity index (χ0n) is 12.4. The van der Waals surface area contributed by atoms with Gasteiger partial charge < -0.3 is 15.4 Å². The van der Waals surface area contributed by atoms with Gasteiger partial charge in [0.05, 0.1) is 12.2 Å². The number of nitrogens with two attached hydrogens (primary N) is 1. The van der Waals surface area contributed by atoms with Gasteiger partial charge in [0.2, 0.25) is 5.91 Å². The van der Waals surface area contributed by atoms with E-state index in [2.05, 4.69) is 0 Å². The normalized spacial score (nSPS) is 36.6. The van der Waals surface area contributed by atoms with Crippen LogP contribution in [0.25, 0.3) is 0 Å². The Bertz CT molecular complexity index is 539. The lowest BCUT2D eigenvalue weighted by Gasteiger charge is -2.30. The molecule has 1 amide bonds. The summed E-state index contributed by atoms with van der Waals surface area (Å²) >= 11 is 0. The molecule has 3 heterocycles. The predicted octanol–water partition coefficient (Wildman–Crippen LogP) is 1.50. The Labute approximate surface area is 125 Å². The minimum absolute atomic E-state index is 0.0440. The molecule has 5 atom stereocenters. The van der Waals surface area contributed by atoms with Crippen LogP contribution in [-0.2, 0) is 15.1 Å². The van der Waals surface area contributed by atoms with Gasteiger partial charge in [0.25, 0.3) is 0 Å². The molecule has 1 aromatic carbocycles. The van der Waals surface area contributed by atoms with E-state index in [0.29, 0.717) is 24.0 Å². The van der Waals surface area contributed by atoms with Gasteiger partial charge in [-0.3, -0.25) is 4.79 Å². The fraction of sp³-hybridized carbons (Fsp3) is 0.588. The molecule has 3 fully saturated rings. The monoisotopic (exact) mass is 286 g/mol. The summed E-state index contributed by atoms with van der Waals surface area (Å²) in [7, 11) is 0. The lowest BCUT2D eigenvalue weighted by molar-refractivity contribution is -0.136. The zero-order valence-corrected chi connectivity index (χ0v) is 12.4. The first-order chi connectivity index (χ1) is 10.1. The molecule has 0 aromatic heterocycles. The summed E-state index contributed by atoms with van der Waals surface area (Å²) < 4.78 is 5.97. The van der Waals surface area contributed by atoms with Crippen LogP contribution >= 0.6 is 0 Å². The van der Waals surface area contributed by atoms with Crippen LogP contribution in [0.1, 0.15) is 25.3 Å². The maximum atomic E-state index is 12.9. The molecule has 2 bridgehead atoms. The van der Waals surface area contributed by atoms with Gasteiger partial charge in [-0.2, -0.15) is 0 Å². The van der Waals surface area contributed by atoms with E-state index in [1.54, 1.807) is 0 Å². The van der Waals surface area contributed by atoms with Crippen molar-refractivity contribution >= 4 is 5.91 Å². The molecule has 112 valence electrons. The van der Waals surface area contributed by atoms with E-state index in [0.717, 1.165) is 31.5 Å². The van der Waals surface area contributed by atoms with E-state index in [4.69, 9.17) is 10.5 Å². The first-order valence-electron chi connectivity index (χ1n) is 7.86. The highest BCUT2D eigenvalue weighted by Gasteiger charge is 2.54. The number of amides is 1. The summed E-state index contributed by atoms with van der Waals surface area (Å²) in [4.78, 5) is 14.9. The third kappa shape index (κ3) is 1.93. The van der Waals surface area contributed by atoms with Crippen LogP contribution in [0.15, 0.2) is 30.3 Å². The van der Waals surface area contributed by atoms with Crippen molar-refractivity contribution in [2.45, 2.75) is 37.5 Å². The zero-order chi connectivity index (χ0) is 14.6. The maximum Gasteiger partial charge on any atom is 0.246 e. The maximum absolute atomic E-state index is 12.9. The Balaban J connectivity index is 1.54. The number of hydrogen-bond acceptors (Lipinski definition) is 3. The minimum atomic E-state index is -0.945. The average molecular weight is 286 g/mol. The number of carbonyl (C=O) groups excluding carboxylic acids is 1. The predicted molar refractivity (Wildman–Crippen MR) is 79.4 cm³/mol. The van der Waals surface area contributed by atoms with Crippen LogP contribution in [0.3, 0.4) is 0 Å². The van der Waals surface area contributed by atoms with E-state index < -0.39 is 5.54 Å². The standard InChI is InChI=1S/C17H22N2O2/c1-17(18,11-5-3-2-4-6-11)16(20)19-9-12-13(10-19)15-8-7-14(12)21-15/h2-6,12-15H,7-10,18H2,1H3. The van der Waals surface area contributed by atoms with Gasteiger partial charge in [-0.15, -0.1) is 0 Å². The molecule has 3 aliphatic rings. The van der Waals surface area contributed by atoms with Crippen molar-refractivity contribution in [2.75, 3.05) is 13.1 Å². The Morgan fingerprint density at radius 3 is 2.33 bits per heavy atom. The van der Waals surface area contributed by atoms with Gasteiger partial charge in [-0.05, 0) is 25.3 Å². The van der Waals surface area contributed by atoms with Gasteiger partial charge in [-0.1, -0.05) is 30.3 Å². The SMILES string of the molecule is CC(N)(C(=O)N1CC2C3CCC(O3)C2C1)c1ccccc1. The van der Waals surface area contributed by atoms with Crippen molar-refractivity contribution in [3.05, 3.63) is 35.9 Å². The molecular formula is C17H22N2O2. The number of benzene rings is 1. The Kier molecular flexibility index (Phi) is 2.88. The van der Waals surface area contributed by atoms with Crippen LogP contribution in [0.5, 0.6) is 0 Å². The Morgan fingerprint density at radius 1 is 1.19 bits per heavy atom.